The van der Waals surface area contributed by atoms with E-state index in [1.54, 1.807) is 6.07 Å². The molecule has 0 saturated carbocycles. The molecule has 1 aromatic heterocycles. The molecule has 23 heavy (non-hydrogen) atoms. The summed E-state index contributed by atoms with van der Waals surface area (Å²) in [6.07, 6.45) is 1.05. The molecule has 0 spiro atoms. The van der Waals surface area contributed by atoms with Gasteiger partial charge in [0.2, 0.25) is 0 Å². The lowest BCUT2D eigenvalue weighted by Crippen LogP contribution is -2.24. The number of halogens is 1. The first-order valence-corrected chi connectivity index (χ1v) is 8.06. The minimum Gasteiger partial charge on any atom is -0.356 e. The molecule has 0 aliphatic carbocycles. The van der Waals surface area contributed by atoms with Crippen LogP contribution < -0.4 is 0 Å². The third-order valence-corrected chi connectivity index (χ3v) is 4.90. The van der Waals surface area contributed by atoms with Crippen LogP contribution >= 0.6 is 0 Å². The summed E-state index contributed by atoms with van der Waals surface area (Å²) in [4.78, 5) is 2.48. The highest BCUT2D eigenvalue weighted by Crippen LogP contribution is 2.35. The molecule has 3 nitrogen and oxygen atoms in total. The molecule has 0 bridgehead atoms. The van der Waals surface area contributed by atoms with Gasteiger partial charge in [-0.05, 0) is 37.6 Å². The molecule has 0 radical (unpaired) electrons. The lowest BCUT2D eigenvalue weighted by Gasteiger charge is -2.24. The number of hydrogen-bond acceptors (Lipinski definition) is 3. The van der Waals surface area contributed by atoms with Gasteiger partial charge in [-0.15, -0.1) is 0 Å². The number of nitrogens with zero attached hydrogens (tertiary/aromatic N) is 2. The number of fused-ring (bicyclic) bond motifs is 1. The van der Waals surface area contributed by atoms with Crippen molar-refractivity contribution in [3.8, 4) is 0 Å². The molecule has 2 unspecified atom stereocenters. The third-order valence-electron chi connectivity index (χ3n) is 4.90. The highest BCUT2D eigenvalue weighted by Gasteiger charge is 2.30. The molecule has 0 N–H and O–H groups in total. The molecule has 1 aliphatic heterocycles. The van der Waals surface area contributed by atoms with Crippen molar-refractivity contribution in [3.63, 3.8) is 0 Å². The van der Waals surface area contributed by atoms with Crippen molar-refractivity contribution >= 4 is 11.0 Å². The molecule has 4 heteroatoms. The minimum absolute atomic E-state index is 0.286. The van der Waals surface area contributed by atoms with E-state index in [4.69, 9.17) is 4.52 Å². The van der Waals surface area contributed by atoms with Gasteiger partial charge in [-0.1, -0.05) is 35.5 Å². The Morgan fingerprint density at radius 3 is 2.87 bits per heavy atom. The molecule has 2 atom stereocenters. The van der Waals surface area contributed by atoms with Gasteiger partial charge >= 0.3 is 0 Å². The van der Waals surface area contributed by atoms with Crippen LogP contribution in [0.15, 0.2) is 53.1 Å². The van der Waals surface area contributed by atoms with Gasteiger partial charge in [0, 0.05) is 30.0 Å². The van der Waals surface area contributed by atoms with Gasteiger partial charge in [-0.25, -0.2) is 4.39 Å². The van der Waals surface area contributed by atoms with Crippen LogP contribution in [0.25, 0.3) is 11.0 Å². The lowest BCUT2D eigenvalue weighted by molar-refractivity contribution is 0.259. The Kier molecular flexibility index (Phi) is 3.62. The maximum absolute atomic E-state index is 13.3. The van der Waals surface area contributed by atoms with E-state index in [1.165, 1.54) is 17.7 Å². The SMILES string of the molecule is CC(c1ccccc1)N1CCC(c2noc3cc(F)ccc23)C1. The Balaban J connectivity index is 1.56. The summed E-state index contributed by atoms with van der Waals surface area (Å²) in [7, 11) is 0. The van der Waals surface area contributed by atoms with Crippen LogP contribution in [-0.4, -0.2) is 23.1 Å². The molecule has 4 rings (SSSR count). The number of benzene rings is 2. The van der Waals surface area contributed by atoms with E-state index in [2.05, 4.69) is 41.2 Å². The van der Waals surface area contributed by atoms with Gasteiger partial charge in [0.05, 0.1) is 5.69 Å². The normalized spacial score (nSPS) is 20.2. The van der Waals surface area contributed by atoms with Crippen LogP contribution in [0.5, 0.6) is 0 Å². The number of aromatic nitrogens is 1. The summed E-state index contributed by atoms with van der Waals surface area (Å²) in [5, 5.41) is 5.15. The van der Waals surface area contributed by atoms with Crippen molar-refractivity contribution in [2.45, 2.75) is 25.3 Å². The molecular weight excluding hydrogens is 291 g/mol. The van der Waals surface area contributed by atoms with Gasteiger partial charge in [0.1, 0.15) is 5.82 Å². The van der Waals surface area contributed by atoms with E-state index in [-0.39, 0.29) is 5.82 Å². The fourth-order valence-corrected chi connectivity index (χ4v) is 3.53. The first kappa shape index (κ1) is 14.4. The largest absolute Gasteiger partial charge is 0.356 e. The summed E-state index contributed by atoms with van der Waals surface area (Å²) in [5.74, 6) is 0.0545. The second kappa shape index (κ2) is 5.78. The molecule has 118 valence electrons. The monoisotopic (exact) mass is 310 g/mol. The Morgan fingerprint density at radius 2 is 2.04 bits per heavy atom. The Labute approximate surface area is 134 Å². The maximum atomic E-state index is 13.3. The molecule has 2 aromatic carbocycles. The summed E-state index contributed by atoms with van der Waals surface area (Å²) in [6.45, 7) is 4.24. The standard InChI is InChI=1S/C19H19FN2O/c1-13(14-5-3-2-4-6-14)22-10-9-15(12-22)19-17-8-7-16(20)11-18(17)23-21-19/h2-8,11,13,15H,9-10,12H2,1H3. The van der Waals surface area contributed by atoms with E-state index in [1.807, 2.05) is 6.07 Å². The predicted octanol–water partition coefficient (Wildman–Crippen LogP) is 4.52. The van der Waals surface area contributed by atoms with Crippen LogP contribution in [0.3, 0.4) is 0 Å². The average Bonchev–Trinajstić information content (AvgIpc) is 3.21. The van der Waals surface area contributed by atoms with Gasteiger partial charge in [-0.2, -0.15) is 0 Å². The van der Waals surface area contributed by atoms with Crippen LogP contribution in [0.1, 0.15) is 36.6 Å². The van der Waals surface area contributed by atoms with Crippen LogP contribution in [0.4, 0.5) is 4.39 Å². The van der Waals surface area contributed by atoms with Crippen molar-refractivity contribution < 1.29 is 8.91 Å². The Bertz CT molecular complexity index is 815. The van der Waals surface area contributed by atoms with E-state index in [0.29, 0.717) is 17.5 Å². The van der Waals surface area contributed by atoms with Crippen molar-refractivity contribution in [3.05, 3.63) is 65.6 Å². The second-order valence-corrected chi connectivity index (χ2v) is 6.28. The Hall–Kier alpha value is -2.20. The van der Waals surface area contributed by atoms with Crippen LogP contribution in [-0.2, 0) is 0 Å². The average molecular weight is 310 g/mol. The topological polar surface area (TPSA) is 29.3 Å². The predicted molar refractivity (Wildman–Crippen MR) is 87.8 cm³/mol. The molecule has 3 aromatic rings. The van der Waals surface area contributed by atoms with Crippen molar-refractivity contribution in [2.75, 3.05) is 13.1 Å². The number of hydrogen-bond donors (Lipinski definition) is 0. The van der Waals surface area contributed by atoms with E-state index >= 15 is 0 Å². The zero-order valence-corrected chi connectivity index (χ0v) is 13.1. The van der Waals surface area contributed by atoms with Gasteiger partial charge < -0.3 is 4.52 Å². The highest BCUT2D eigenvalue weighted by molar-refractivity contribution is 5.80. The molecule has 2 heterocycles. The molecule has 1 aliphatic rings. The van der Waals surface area contributed by atoms with E-state index in [0.717, 1.165) is 30.6 Å². The summed E-state index contributed by atoms with van der Waals surface area (Å²) >= 11 is 0. The molecule has 1 saturated heterocycles. The van der Waals surface area contributed by atoms with E-state index in [9.17, 15) is 4.39 Å². The fraction of sp³-hybridized carbons (Fsp3) is 0.316. The number of likely N-dealkylation sites (tertiary alicyclic amines) is 1. The summed E-state index contributed by atoms with van der Waals surface area (Å²) in [6, 6.07) is 15.6. The third kappa shape index (κ3) is 2.63. The number of rotatable bonds is 3. The fourth-order valence-electron chi connectivity index (χ4n) is 3.53. The first-order chi connectivity index (χ1) is 11.2. The quantitative estimate of drug-likeness (QED) is 0.712. The van der Waals surface area contributed by atoms with Crippen LogP contribution in [0, 0.1) is 5.82 Å². The summed E-state index contributed by atoms with van der Waals surface area (Å²) in [5.41, 5.74) is 2.83. The van der Waals surface area contributed by atoms with Crippen molar-refractivity contribution in [2.24, 2.45) is 0 Å². The second-order valence-electron chi connectivity index (χ2n) is 6.28. The van der Waals surface area contributed by atoms with Crippen LogP contribution in [0.2, 0.25) is 0 Å². The molecular formula is C19H19FN2O. The maximum Gasteiger partial charge on any atom is 0.170 e. The van der Waals surface area contributed by atoms with E-state index < -0.39 is 0 Å². The highest BCUT2D eigenvalue weighted by atomic mass is 19.1. The Morgan fingerprint density at radius 1 is 1.22 bits per heavy atom. The minimum atomic E-state index is -0.286. The smallest absolute Gasteiger partial charge is 0.170 e. The molecule has 0 amide bonds. The molecule has 1 fully saturated rings. The first-order valence-electron chi connectivity index (χ1n) is 8.06. The van der Waals surface area contributed by atoms with Crippen molar-refractivity contribution in [1.82, 2.24) is 10.1 Å². The zero-order valence-electron chi connectivity index (χ0n) is 13.1. The zero-order chi connectivity index (χ0) is 15.8. The van der Waals surface area contributed by atoms with Gasteiger partial charge in [-0.3, -0.25) is 4.90 Å². The lowest BCUT2D eigenvalue weighted by atomic mass is 10.0. The van der Waals surface area contributed by atoms with Gasteiger partial charge in [0.25, 0.3) is 0 Å². The summed E-state index contributed by atoms with van der Waals surface area (Å²) < 4.78 is 18.6. The van der Waals surface area contributed by atoms with Crippen molar-refractivity contribution in [1.29, 1.82) is 0 Å². The van der Waals surface area contributed by atoms with Gasteiger partial charge in [0.15, 0.2) is 5.58 Å².